The molecular formula is C3H12ClN3O2S. The summed E-state index contributed by atoms with van der Waals surface area (Å²) in [4.78, 5) is 2.06. The van der Waals surface area contributed by atoms with E-state index in [-0.39, 0.29) is 12.4 Å². The van der Waals surface area contributed by atoms with Crippen LogP contribution in [0.2, 0.25) is 0 Å². The number of sulfonamides is 1. The Morgan fingerprint density at radius 2 is 2.00 bits per heavy atom. The highest BCUT2D eigenvalue weighted by atomic mass is 35.5. The first-order valence-corrected chi connectivity index (χ1v) is 4.35. The number of hydrazine groups is 1. The number of rotatable bonds is 4. The number of nitrogens with one attached hydrogen (secondary N) is 2. The first kappa shape index (κ1) is 12.8. The molecule has 4 N–H and O–H groups in total. The maximum atomic E-state index is 10.3. The molecule has 0 bridgehead atoms. The van der Waals surface area contributed by atoms with Crippen LogP contribution in [0.25, 0.3) is 0 Å². The molecule has 0 heterocycles. The second-order valence-electron chi connectivity index (χ2n) is 1.59. The van der Waals surface area contributed by atoms with Gasteiger partial charge in [0.2, 0.25) is 10.0 Å². The highest BCUT2D eigenvalue weighted by Gasteiger charge is 1.95. The Morgan fingerprint density at radius 1 is 1.50 bits per heavy atom. The summed E-state index contributed by atoms with van der Waals surface area (Å²) >= 11 is 0. The summed E-state index contributed by atoms with van der Waals surface area (Å²) in [6.07, 6.45) is 1.07. The van der Waals surface area contributed by atoms with Crippen LogP contribution in [0.15, 0.2) is 0 Å². The van der Waals surface area contributed by atoms with Crippen LogP contribution in [-0.2, 0) is 10.0 Å². The van der Waals surface area contributed by atoms with Crippen LogP contribution in [0.5, 0.6) is 0 Å². The fourth-order valence-electron chi connectivity index (χ4n) is 0.254. The zero-order valence-electron chi connectivity index (χ0n) is 5.62. The van der Waals surface area contributed by atoms with Crippen LogP contribution in [0.3, 0.4) is 0 Å². The smallest absolute Gasteiger partial charge is 0.221 e. The van der Waals surface area contributed by atoms with E-state index < -0.39 is 10.0 Å². The van der Waals surface area contributed by atoms with Gasteiger partial charge in [-0.1, -0.05) is 0 Å². The molecule has 10 heavy (non-hydrogen) atoms. The molecule has 0 aliphatic rings. The van der Waals surface area contributed by atoms with E-state index in [1.165, 1.54) is 0 Å². The molecule has 0 atom stereocenters. The molecule has 7 heteroatoms. The topological polar surface area (TPSA) is 84.2 Å². The van der Waals surface area contributed by atoms with Crippen LogP contribution < -0.4 is 16.0 Å². The van der Waals surface area contributed by atoms with Gasteiger partial charge in [-0.05, 0) is 0 Å². The molecule has 0 rings (SSSR count). The van der Waals surface area contributed by atoms with Crippen LogP contribution in [0, 0.1) is 0 Å². The zero-order valence-corrected chi connectivity index (χ0v) is 7.26. The summed E-state index contributed by atoms with van der Waals surface area (Å²) in [5.41, 5.74) is 7.47. The van der Waals surface area contributed by atoms with Gasteiger partial charge in [-0.25, -0.2) is 13.8 Å². The van der Waals surface area contributed by atoms with Crippen LogP contribution in [-0.4, -0.2) is 27.8 Å². The third-order valence-electron chi connectivity index (χ3n) is 0.527. The van der Waals surface area contributed by atoms with Crippen molar-refractivity contribution in [3.8, 4) is 0 Å². The van der Waals surface area contributed by atoms with Crippen molar-refractivity contribution >= 4 is 22.4 Å². The Hall–Kier alpha value is 0.120. The molecule has 0 fully saturated rings. The molecule has 0 amide bonds. The Labute approximate surface area is 66.8 Å². The Morgan fingerprint density at radius 3 is 2.30 bits per heavy atom. The number of halogens is 1. The summed E-state index contributed by atoms with van der Waals surface area (Å²) < 4.78 is 20.6. The van der Waals surface area contributed by atoms with E-state index in [4.69, 9.17) is 5.73 Å². The van der Waals surface area contributed by atoms with E-state index in [0.29, 0.717) is 13.1 Å². The largest absolute Gasteiger partial charge is 0.329 e. The lowest BCUT2D eigenvalue weighted by atomic mass is 10.7. The molecule has 0 spiro atoms. The third-order valence-corrected chi connectivity index (χ3v) is 1.04. The normalized spacial score (nSPS) is 10.6. The fourth-order valence-corrected chi connectivity index (χ4v) is 0.619. The summed E-state index contributed by atoms with van der Waals surface area (Å²) in [5.74, 6) is 0. The van der Waals surface area contributed by atoms with Crippen LogP contribution in [0.1, 0.15) is 0 Å². The predicted octanol–water partition coefficient (Wildman–Crippen LogP) is -1.58. The maximum absolute atomic E-state index is 10.3. The SMILES string of the molecule is CS(=O)(=O)NNCCN.Cl. The molecular weight excluding hydrogens is 178 g/mol. The van der Waals surface area contributed by atoms with Gasteiger partial charge in [-0.15, -0.1) is 12.4 Å². The van der Waals surface area contributed by atoms with Gasteiger partial charge in [0.05, 0.1) is 6.26 Å². The predicted molar refractivity (Wildman–Crippen MR) is 42.3 cm³/mol. The molecule has 0 aliphatic carbocycles. The molecule has 0 radical (unpaired) electrons. The minimum absolute atomic E-state index is 0. The van der Waals surface area contributed by atoms with Gasteiger partial charge in [0.25, 0.3) is 0 Å². The molecule has 64 valence electrons. The van der Waals surface area contributed by atoms with E-state index in [0.717, 1.165) is 6.26 Å². The molecule has 0 aromatic carbocycles. The first-order valence-electron chi connectivity index (χ1n) is 2.46. The Kier molecular flexibility index (Phi) is 7.50. The second-order valence-corrected chi connectivity index (χ2v) is 3.34. The van der Waals surface area contributed by atoms with Gasteiger partial charge < -0.3 is 5.73 Å². The Balaban J connectivity index is 0. The van der Waals surface area contributed by atoms with Gasteiger partial charge in [-0.3, -0.25) is 0 Å². The minimum atomic E-state index is -3.11. The highest BCUT2D eigenvalue weighted by molar-refractivity contribution is 7.88. The fraction of sp³-hybridized carbons (Fsp3) is 1.00. The summed E-state index contributed by atoms with van der Waals surface area (Å²) in [5, 5.41) is 0. The molecule has 0 aromatic rings. The van der Waals surface area contributed by atoms with Crippen molar-refractivity contribution in [2.24, 2.45) is 5.73 Å². The van der Waals surface area contributed by atoms with Crippen molar-refractivity contribution in [1.29, 1.82) is 0 Å². The number of nitrogens with two attached hydrogens (primary N) is 1. The number of hydrogen-bond donors (Lipinski definition) is 3. The van der Waals surface area contributed by atoms with E-state index in [2.05, 4.69) is 10.3 Å². The van der Waals surface area contributed by atoms with Crippen LogP contribution >= 0.6 is 12.4 Å². The van der Waals surface area contributed by atoms with Gasteiger partial charge >= 0.3 is 0 Å². The second kappa shape index (κ2) is 5.87. The van der Waals surface area contributed by atoms with Gasteiger partial charge in [-0.2, -0.15) is 4.83 Å². The summed E-state index contributed by atoms with van der Waals surface area (Å²) in [7, 11) is -3.11. The van der Waals surface area contributed by atoms with E-state index >= 15 is 0 Å². The van der Waals surface area contributed by atoms with Gasteiger partial charge in [0.1, 0.15) is 0 Å². The van der Waals surface area contributed by atoms with Crippen molar-refractivity contribution in [3.63, 3.8) is 0 Å². The standard InChI is InChI=1S/C3H11N3O2S.ClH/c1-9(7,8)6-5-3-2-4;/h5-6H,2-4H2,1H3;1H. The molecule has 5 nitrogen and oxygen atoms in total. The lowest BCUT2D eigenvalue weighted by molar-refractivity contribution is 0.563. The monoisotopic (exact) mass is 189 g/mol. The molecule has 0 unspecified atom stereocenters. The van der Waals surface area contributed by atoms with Gasteiger partial charge in [0, 0.05) is 13.1 Å². The van der Waals surface area contributed by atoms with Crippen LogP contribution in [0.4, 0.5) is 0 Å². The van der Waals surface area contributed by atoms with E-state index in [1.807, 2.05) is 0 Å². The first-order chi connectivity index (χ1) is 4.06. The quantitative estimate of drug-likeness (QED) is 0.368. The average Bonchev–Trinajstić information content (AvgIpc) is 1.63. The lowest BCUT2D eigenvalue weighted by Gasteiger charge is -2.00. The van der Waals surface area contributed by atoms with Crippen molar-refractivity contribution < 1.29 is 8.42 Å². The summed E-state index contributed by atoms with van der Waals surface area (Å²) in [6.45, 7) is 0.843. The van der Waals surface area contributed by atoms with Crippen molar-refractivity contribution in [2.45, 2.75) is 0 Å². The number of hydrogen-bond acceptors (Lipinski definition) is 4. The average molecular weight is 190 g/mol. The zero-order chi connectivity index (χ0) is 7.33. The van der Waals surface area contributed by atoms with Crippen molar-refractivity contribution in [1.82, 2.24) is 10.3 Å². The maximum Gasteiger partial charge on any atom is 0.221 e. The van der Waals surface area contributed by atoms with Gasteiger partial charge in [0.15, 0.2) is 0 Å². The minimum Gasteiger partial charge on any atom is -0.329 e. The van der Waals surface area contributed by atoms with E-state index in [1.54, 1.807) is 0 Å². The Bertz CT molecular complexity index is 157. The van der Waals surface area contributed by atoms with Crippen molar-refractivity contribution in [3.05, 3.63) is 0 Å². The highest BCUT2D eigenvalue weighted by Crippen LogP contribution is 1.64. The molecule has 0 aromatic heterocycles. The molecule has 0 saturated heterocycles. The third kappa shape index (κ3) is 11.0. The molecule has 0 saturated carbocycles. The lowest BCUT2D eigenvalue weighted by Crippen LogP contribution is -2.39. The van der Waals surface area contributed by atoms with Crippen molar-refractivity contribution in [2.75, 3.05) is 19.3 Å². The summed E-state index contributed by atoms with van der Waals surface area (Å²) in [6, 6.07) is 0. The van der Waals surface area contributed by atoms with E-state index in [9.17, 15) is 8.42 Å². The molecule has 0 aliphatic heterocycles.